The number of carbonyl (C=O) groups excluding carboxylic acids is 2. The lowest BCUT2D eigenvalue weighted by molar-refractivity contribution is -0.140. The number of hydrogen-bond donors (Lipinski definition) is 1. The summed E-state index contributed by atoms with van der Waals surface area (Å²) in [5.74, 6) is -1.01. The van der Waals surface area contributed by atoms with E-state index in [0.717, 1.165) is 10.0 Å². The van der Waals surface area contributed by atoms with Crippen LogP contribution < -0.4 is 0 Å². The van der Waals surface area contributed by atoms with Gasteiger partial charge in [-0.15, -0.1) is 0 Å². The molecule has 1 amide bonds. The molecule has 2 heterocycles. The Bertz CT molecular complexity index is 1000. The zero-order chi connectivity index (χ0) is 21.3. The van der Waals surface area contributed by atoms with Gasteiger partial charge in [-0.2, -0.15) is 0 Å². The third-order valence-corrected chi connectivity index (χ3v) is 5.34. The largest absolute Gasteiger partial charge is 0.507 e. The van der Waals surface area contributed by atoms with Gasteiger partial charge < -0.3 is 14.9 Å². The first kappa shape index (κ1) is 21.1. The number of nitrogens with zero attached hydrogens (tertiary/aromatic N) is 4. The molecule has 0 radical (unpaired) electrons. The van der Waals surface area contributed by atoms with E-state index in [0.29, 0.717) is 30.2 Å². The highest BCUT2D eigenvalue weighted by Crippen LogP contribution is 2.40. The Morgan fingerprint density at radius 2 is 2.00 bits per heavy atom. The summed E-state index contributed by atoms with van der Waals surface area (Å²) in [6, 6.07) is 6.72. The minimum absolute atomic E-state index is 0.0578. The molecule has 0 spiro atoms. The molecule has 0 aliphatic carbocycles. The summed E-state index contributed by atoms with van der Waals surface area (Å²) in [6.07, 6.45) is 1.48. The number of ketones is 1. The van der Waals surface area contributed by atoms with E-state index in [1.165, 1.54) is 11.1 Å². The van der Waals surface area contributed by atoms with Crippen LogP contribution in [0.4, 0.5) is 0 Å². The van der Waals surface area contributed by atoms with Gasteiger partial charge in [0.05, 0.1) is 22.9 Å². The molecule has 1 fully saturated rings. The molecule has 1 aromatic carbocycles. The maximum atomic E-state index is 12.9. The van der Waals surface area contributed by atoms with Crippen molar-refractivity contribution >= 4 is 33.4 Å². The SMILES string of the molecule is Cc1ncc(C(O)=C2C(=O)C(=O)N(CCN(C)C)[C@H]2c2cccc(Br)c2)c(C)n1. The highest BCUT2D eigenvalue weighted by Gasteiger charge is 2.46. The van der Waals surface area contributed by atoms with Crippen molar-refractivity contribution < 1.29 is 14.7 Å². The van der Waals surface area contributed by atoms with Gasteiger partial charge in [0, 0.05) is 23.8 Å². The van der Waals surface area contributed by atoms with Crippen LogP contribution in [-0.2, 0) is 9.59 Å². The number of hydrogen-bond acceptors (Lipinski definition) is 6. The van der Waals surface area contributed by atoms with Gasteiger partial charge in [-0.1, -0.05) is 28.1 Å². The molecule has 1 saturated heterocycles. The number of aromatic nitrogens is 2. The van der Waals surface area contributed by atoms with Crippen LogP contribution in [0.2, 0.25) is 0 Å². The predicted octanol–water partition coefficient (Wildman–Crippen LogP) is 2.84. The second kappa shape index (κ2) is 8.42. The summed E-state index contributed by atoms with van der Waals surface area (Å²) in [6.45, 7) is 4.43. The Labute approximate surface area is 178 Å². The van der Waals surface area contributed by atoms with E-state index in [1.807, 2.05) is 43.3 Å². The molecule has 0 saturated carbocycles. The Hall–Kier alpha value is -2.58. The van der Waals surface area contributed by atoms with Crippen LogP contribution in [-0.4, -0.2) is 63.7 Å². The van der Waals surface area contributed by atoms with Gasteiger partial charge in [-0.05, 0) is 45.6 Å². The van der Waals surface area contributed by atoms with Crippen molar-refractivity contribution in [2.75, 3.05) is 27.2 Å². The zero-order valence-electron chi connectivity index (χ0n) is 16.8. The molecule has 1 aliphatic heterocycles. The van der Waals surface area contributed by atoms with Crippen molar-refractivity contribution in [2.45, 2.75) is 19.9 Å². The van der Waals surface area contributed by atoms with Gasteiger partial charge in [0.2, 0.25) is 0 Å². The first-order valence-electron chi connectivity index (χ1n) is 9.20. The van der Waals surface area contributed by atoms with E-state index >= 15 is 0 Å². The van der Waals surface area contributed by atoms with Crippen LogP contribution >= 0.6 is 15.9 Å². The molecule has 0 unspecified atom stereocenters. The van der Waals surface area contributed by atoms with E-state index in [9.17, 15) is 14.7 Å². The number of likely N-dealkylation sites (N-methyl/N-ethyl adjacent to an activating group) is 1. The van der Waals surface area contributed by atoms with Gasteiger partial charge in [-0.25, -0.2) is 9.97 Å². The molecule has 7 nitrogen and oxygen atoms in total. The standard InChI is InChI=1S/C21H23BrN4O3/c1-12-16(11-23-13(2)24-12)19(27)17-18(14-6-5-7-15(22)10-14)26(9-8-25(3)4)21(29)20(17)28/h5-7,10-11,18,27H,8-9H2,1-4H3/t18-/m0/s1. The summed E-state index contributed by atoms with van der Waals surface area (Å²) in [5.41, 5.74) is 1.69. The second-order valence-electron chi connectivity index (χ2n) is 7.27. The Kier molecular flexibility index (Phi) is 6.14. The van der Waals surface area contributed by atoms with E-state index in [4.69, 9.17) is 0 Å². The molecule has 0 bridgehead atoms. The summed E-state index contributed by atoms with van der Waals surface area (Å²) in [5, 5.41) is 11.1. The van der Waals surface area contributed by atoms with Gasteiger partial charge in [0.25, 0.3) is 11.7 Å². The molecule has 8 heteroatoms. The van der Waals surface area contributed by atoms with Crippen LogP contribution in [0.15, 0.2) is 40.5 Å². The highest BCUT2D eigenvalue weighted by molar-refractivity contribution is 9.10. The predicted molar refractivity (Wildman–Crippen MR) is 113 cm³/mol. The third-order valence-electron chi connectivity index (χ3n) is 4.85. The molecule has 3 rings (SSSR count). The number of aryl methyl sites for hydroxylation is 2. The van der Waals surface area contributed by atoms with Crippen LogP contribution in [0, 0.1) is 13.8 Å². The first-order valence-corrected chi connectivity index (χ1v) is 9.99. The van der Waals surface area contributed by atoms with Gasteiger partial charge >= 0.3 is 0 Å². The van der Waals surface area contributed by atoms with Crippen molar-refractivity contribution in [1.82, 2.24) is 19.8 Å². The molecule has 2 aromatic rings. The minimum atomic E-state index is -0.703. The van der Waals surface area contributed by atoms with E-state index < -0.39 is 17.7 Å². The van der Waals surface area contributed by atoms with E-state index in [1.54, 1.807) is 13.8 Å². The van der Waals surface area contributed by atoms with Crippen LogP contribution in [0.25, 0.3) is 5.76 Å². The fraction of sp³-hybridized carbons (Fsp3) is 0.333. The molecular weight excluding hydrogens is 436 g/mol. The van der Waals surface area contributed by atoms with Crippen molar-refractivity contribution in [3.63, 3.8) is 0 Å². The number of rotatable bonds is 5. The number of carbonyl (C=O) groups is 2. The van der Waals surface area contributed by atoms with Gasteiger partial charge in [0.1, 0.15) is 11.6 Å². The number of aliphatic hydroxyl groups is 1. The fourth-order valence-electron chi connectivity index (χ4n) is 3.40. The lowest BCUT2D eigenvalue weighted by atomic mass is 9.95. The first-order chi connectivity index (χ1) is 13.7. The zero-order valence-corrected chi connectivity index (χ0v) is 18.4. The summed E-state index contributed by atoms with van der Waals surface area (Å²) in [4.78, 5) is 37.7. The number of benzene rings is 1. The molecular formula is C21H23BrN4O3. The molecule has 29 heavy (non-hydrogen) atoms. The van der Waals surface area contributed by atoms with Crippen LogP contribution in [0.5, 0.6) is 0 Å². The maximum absolute atomic E-state index is 12.9. The summed E-state index contributed by atoms with van der Waals surface area (Å²) < 4.78 is 0.822. The Morgan fingerprint density at radius 1 is 1.28 bits per heavy atom. The second-order valence-corrected chi connectivity index (χ2v) is 8.18. The average molecular weight is 459 g/mol. The molecule has 152 valence electrons. The normalized spacial score (nSPS) is 18.7. The number of aliphatic hydroxyl groups excluding tert-OH is 1. The van der Waals surface area contributed by atoms with Crippen LogP contribution in [0.1, 0.15) is 28.7 Å². The van der Waals surface area contributed by atoms with E-state index in [-0.39, 0.29) is 11.3 Å². The number of Topliss-reactive ketones (excluding diaryl/α,β-unsaturated/α-hetero) is 1. The van der Waals surface area contributed by atoms with Gasteiger partial charge in [0.15, 0.2) is 0 Å². The quantitative estimate of drug-likeness (QED) is 0.421. The third kappa shape index (κ3) is 4.23. The van der Waals surface area contributed by atoms with Crippen molar-refractivity contribution in [1.29, 1.82) is 0 Å². The summed E-state index contributed by atoms with van der Waals surface area (Å²) >= 11 is 3.45. The maximum Gasteiger partial charge on any atom is 0.295 e. The minimum Gasteiger partial charge on any atom is -0.507 e. The molecule has 1 N–H and O–H groups in total. The van der Waals surface area contributed by atoms with Crippen molar-refractivity contribution in [3.8, 4) is 0 Å². The lowest BCUT2D eigenvalue weighted by Gasteiger charge is -2.26. The van der Waals surface area contributed by atoms with Crippen molar-refractivity contribution in [3.05, 3.63) is 63.2 Å². The number of halogens is 1. The average Bonchev–Trinajstić information content (AvgIpc) is 2.90. The summed E-state index contributed by atoms with van der Waals surface area (Å²) in [7, 11) is 3.80. The van der Waals surface area contributed by atoms with Crippen LogP contribution in [0.3, 0.4) is 0 Å². The smallest absolute Gasteiger partial charge is 0.295 e. The monoisotopic (exact) mass is 458 g/mol. The Morgan fingerprint density at radius 3 is 2.62 bits per heavy atom. The van der Waals surface area contributed by atoms with Crippen molar-refractivity contribution in [2.24, 2.45) is 0 Å². The van der Waals surface area contributed by atoms with E-state index in [2.05, 4.69) is 25.9 Å². The number of likely N-dealkylation sites (tertiary alicyclic amines) is 1. The molecule has 1 atom stereocenters. The highest BCUT2D eigenvalue weighted by atomic mass is 79.9. The topological polar surface area (TPSA) is 86.6 Å². The number of amides is 1. The molecule has 1 aromatic heterocycles. The van der Waals surface area contributed by atoms with Gasteiger partial charge in [-0.3, -0.25) is 9.59 Å². The molecule has 1 aliphatic rings. The fourth-order valence-corrected chi connectivity index (χ4v) is 3.82. The Balaban J connectivity index is 2.19. The lowest BCUT2D eigenvalue weighted by Crippen LogP contribution is -2.35.